The molecule has 0 amide bonds. The number of rotatable bonds is 3. The van der Waals surface area contributed by atoms with Crippen LogP contribution in [0.5, 0.6) is 11.5 Å². The highest BCUT2D eigenvalue weighted by Gasteiger charge is 2.38. The molecule has 3 heteroatoms. The lowest BCUT2D eigenvalue weighted by atomic mass is 9.90. The van der Waals surface area contributed by atoms with Crippen molar-refractivity contribution in [3.8, 4) is 11.5 Å². The van der Waals surface area contributed by atoms with E-state index in [2.05, 4.69) is 25.1 Å². The SMILES string of the molecule is COc1ccc(C2(C)Cc3c(ccc4oc(C5CC5)cc34)O2)cc1. The molecule has 1 atom stereocenters. The molecule has 0 N–H and O–H groups in total. The van der Waals surface area contributed by atoms with Crippen LogP contribution in [0.2, 0.25) is 0 Å². The molecule has 1 fully saturated rings. The zero-order valence-corrected chi connectivity index (χ0v) is 14.0. The van der Waals surface area contributed by atoms with E-state index in [0.29, 0.717) is 5.92 Å². The highest BCUT2D eigenvalue weighted by atomic mass is 16.5. The summed E-state index contributed by atoms with van der Waals surface area (Å²) in [4.78, 5) is 0. The van der Waals surface area contributed by atoms with E-state index in [4.69, 9.17) is 13.9 Å². The van der Waals surface area contributed by atoms with Gasteiger partial charge in [-0.15, -0.1) is 0 Å². The maximum Gasteiger partial charge on any atom is 0.135 e. The average Bonchev–Trinajstić information content (AvgIpc) is 3.25. The molecule has 0 bridgehead atoms. The zero-order chi connectivity index (χ0) is 16.3. The Bertz CT molecular complexity index is 918. The third kappa shape index (κ3) is 2.04. The molecule has 3 nitrogen and oxygen atoms in total. The fourth-order valence-electron chi connectivity index (χ4n) is 3.74. The highest BCUT2D eigenvalue weighted by Crippen LogP contribution is 2.48. The number of furan rings is 1. The lowest BCUT2D eigenvalue weighted by molar-refractivity contribution is 0.115. The molecule has 2 aromatic carbocycles. The van der Waals surface area contributed by atoms with Gasteiger partial charge in [0.2, 0.25) is 0 Å². The molecular formula is C21H20O3. The molecule has 2 heterocycles. The molecule has 5 rings (SSSR count). The van der Waals surface area contributed by atoms with E-state index in [0.717, 1.165) is 29.3 Å². The largest absolute Gasteiger partial charge is 0.497 e. The predicted molar refractivity (Wildman–Crippen MR) is 92.9 cm³/mol. The molecule has 0 saturated heterocycles. The first-order valence-corrected chi connectivity index (χ1v) is 8.55. The van der Waals surface area contributed by atoms with Crippen LogP contribution in [0.3, 0.4) is 0 Å². The highest BCUT2D eigenvalue weighted by molar-refractivity contribution is 5.85. The summed E-state index contributed by atoms with van der Waals surface area (Å²) in [6.07, 6.45) is 3.36. The summed E-state index contributed by atoms with van der Waals surface area (Å²) in [5, 5.41) is 1.21. The van der Waals surface area contributed by atoms with Crippen LogP contribution in [0, 0.1) is 0 Å². The van der Waals surface area contributed by atoms with E-state index < -0.39 is 0 Å². The number of benzene rings is 2. The van der Waals surface area contributed by atoms with Gasteiger partial charge in [0.15, 0.2) is 0 Å². The molecule has 1 aliphatic carbocycles. The molecule has 122 valence electrons. The topological polar surface area (TPSA) is 31.6 Å². The summed E-state index contributed by atoms with van der Waals surface area (Å²) >= 11 is 0. The van der Waals surface area contributed by atoms with Crippen LogP contribution in [0.25, 0.3) is 11.0 Å². The molecule has 1 aromatic heterocycles. The monoisotopic (exact) mass is 320 g/mol. The maximum absolute atomic E-state index is 6.36. The minimum Gasteiger partial charge on any atom is -0.497 e. The summed E-state index contributed by atoms with van der Waals surface area (Å²) in [7, 11) is 1.69. The lowest BCUT2D eigenvalue weighted by Gasteiger charge is -2.24. The predicted octanol–water partition coefficient (Wildman–Crippen LogP) is 5.17. The van der Waals surface area contributed by atoms with Gasteiger partial charge in [-0.05, 0) is 55.7 Å². The number of hydrogen-bond acceptors (Lipinski definition) is 3. The van der Waals surface area contributed by atoms with Crippen molar-refractivity contribution in [3.63, 3.8) is 0 Å². The second-order valence-corrected chi connectivity index (χ2v) is 7.12. The molecule has 1 unspecified atom stereocenters. The van der Waals surface area contributed by atoms with Gasteiger partial charge in [-0.2, -0.15) is 0 Å². The standard InChI is InChI=1S/C21H20O3/c1-21(14-5-7-15(22-2)8-6-14)12-17-16-11-20(13-3-4-13)23-18(16)9-10-19(17)24-21/h5-11,13H,3-4,12H2,1-2H3. The fourth-order valence-corrected chi connectivity index (χ4v) is 3.74. The van der Waals surface area contributed by atoms with E-state index in [-0.39, 0.29) is 5.60 Å². The zero-order valence-electron chi connectivity index (χ0n) is 14.0. The van der Waals surface area contributed by atoms with E-state index >= 15 is 0 Å². The van der Waals surface area contributed by atoms with Crippen molar-refractivity contribution in [1.82, 2.24) is 0 Å². The first kappa shape index (κ1) is 14.0. The lowest BCUT2D eigenvalue weighted by Crippen LogP contribution is -2.26. The van der Waals surface area contributed by atoms with Crippen molar-refractivity contribution in [2.45, 2.75) is 37.7 Å². The van der Waals surface area contributed by atoms with Gasteiger partial charge in [0, 0.05) is 23.3 Å². The smallest absolute Gasteiger partial charge is 0.135 e. The van der Waals surface area contributed by atoms with Crippen molar-refractivity contribution in [1.29, 1.82) is 0 Å². The normalized spacial score (nSPS) is 22.4. The van der Waals surface area contributed by atoms with Crippen LogP contribution in [0.1, 0.15) is 42.6 Å². The Kier molecular flexibility index (Phi) is 2.79. The molecule has 3 aromatic rings. The minimum absolute atomic E-state index is 0.347. The third-order valence-corrected chi connectivity index (χ3v) is 5.32. The average molecular weight is 320 g/mol. The van der Waals surface area contributed by atoms with Gasteiger partial charge in [0.05, 0.1) is 7.11 Å². The molecule has 2 aliphatic rings. The first-order valence-electron chi connectivity index (χ1n) is 8.55. The van der Waals surface area contributed by atoms with Gasteiger partial charge in [0.1, 0.15) is 28.4 Å². The summed E-state index contributed by atoms with van der Waals surface area (Å²) in [6, 6.07) is 14.5. The number of ether oxygens (including phenoxy) is 2. The summed E-state index contributed by atoms with van der Waals surface area (Å²) < 4.78 is 17.7. The Morgan fingerprint density at radius 1 is 1.08 bits per heavy atom. The Labute approximate surface area is 141 Å². The van der Waals surface area contributed by atoms with Gasteiger partial charge in [-0.3, -0.25) is 0 Å². The van der Waals surface area contributed by atoms with Crippen LogP contribution >= 0.6 is 0 Å². The van der Waals surface area contributed by atoms with Gasteiger partial charge in [0.25, 0.3) is 0 Å². The Morgan fingerprint density at radius 3 is 2.58 bits per heavy atom. The fraction of sp³-hybridized carbons (Fsp3) is 0.333. The van der Waals surface area contributed by atoms with Gasteiger partial charge in [-0.25, -0.2) is 0 Å². The summed E-state index contributed by atoms with van der Waals surface area (Å²) in [5.74, 6) is 3.60. The second-order valence-electron chi connectivity index (χ2n) is 7.12. The number of fused-ring (bicyclic) bond motifs is 3. The first-order chi connectivity index (χ1) is 11.7. The van der Waals surface area contributed by atoms with Crippen molar-refractivity contribution >= 4 is 11.0 Å². The van der Waals surface area contributed by atoms with Crippen LogP contribution in [-0.2, 0) is 12.0 Å². The molecule has 1 saturated carbocycles. The van der Waals surface area contributed by atoms with Crippen LogP contribution < -0.4 is 9.47 Å². The Balaban J connectivity index is 1.55. The Morgan fingerprint density at radius 2 is 1.88 bits per heavy atom. The van der Waals surface area contributed by atoms with E-state index in [1.54, 1.807) is 7.11 Å². The van der Waals surface area contributed by atoms with Crippen molar-refractivity contribution in [2.24, 2.45) is 0 Å². The summed E-state index contributed by atoms with van der Waals surface area (Å²) in [6.45, 7) is 2.16. The van der Waals surface area contributed by atoms with Crippen LogP contribution in [0.15, 0.2) is 46.9 Å². The molecule has 0 radical (unpaired) electrons. The molecule has 1 aliphatic heterocycles. The van der Waals surface area contributed by atoms with Gasteiger partial charge in [-0.1, -0.05) is 12.1 Å². The van der Waals surface area contributed by atoms with E-state index in [1.165, 1.54) is 29.4 Å². The summed E-state index contributed by atoms with van der Waals surface area (Å²) in [5.41, 5.74) is 3.07. The van der Waals surface area contributed by atoms with Gasteiger partial charge < -0.3 is 13.9 Å². The van der Waals surface area contributed by atoms with E-state index in [9.17, 15) is 0 Å². The molecule has 0 spiro atoms. The second kappa shape index (κ2) is 4.79. The van der Waals surface area contributed by atoms with Crippen molar-refractivity contribution < 1.29 is 13.9 Å². The third-order valence-electron chi connectivity index (χ3n) is 5.32. The molecular weight excluding hydrogens is 300 g/mol. The maximum atomic E-state index is 6.36. The minimum atomic E-state index is -0.347. The number of hydrogen-bond donors (Lipinski definition) is 0. The van der Waals surface area contributed by atoms with E-state index in [1.807, 2.05) is 24.3 Å². The molecule has 24 heavy (non-hydrogen) atoms. The van der Waals surface area contributed by atoms with Gasteiger partial charge >= 0.3 is 0 Å². The van der Waals surface area contributed by atoms with Crippen LogP contribution in [0.4, 0.5) is 0 Å². The Hall–Kier alpha value is -2.42. The number of methoxy groups -OCH3 is 1. The van der Waals surface area contributed by atoms with Crippen molar-refractivity contribution in [2.75, 3.05) is 7.11 Å². The van der Waals surface area contributed by atoms with Crippen molar-refractivity contribution in [3.05, 3.63) is 59.4 Å². The van der Waals surface area contributed by atoms with Crippen LogP contribution in [-0.4, -0.2) is 7.11 Å². The quantitative estimate of drug-likeness (QED) is 0.667.